The lowest BCUT2D eigenvalue weighted by atomic mass is 9.68. The van der Waals surface area contributed by atoms with E-state index >= 15 is 0 Å². The van der Waals surface area contributed by atoms with Crippen LogP contribution in [0.5, 0.6) is 0 Å². The third kappa shape index (κ3) is 3.91. The molecule has 0 aromatic heterocycles. The van der Waals surface area contributed by atoms with Crippen LogP contribution < -0.4 is 5.32 Å². The van der Waals surface area contributed by atoms with Crippen LogP contribution in [0.3, 0.4) is 0 Å². The lowest BCUT2D eigenvalue weighted by Gasteiger charge is -2.49. The molecule has 0 radical (unpaired) electrons. The van der Waals surface area contributed by atoms with Crippen molar-refractivity contribution < 1.29 is 9.59 Å². The van der Waals surface area contributed by atoms with Gasteiger partial charge in [-0.15, -0.1) is 0 Å². The summed E-state index contributed by atoms with van der Waals surface area (Å²) in [4.78, 5) is 31.2. The largest absolute Gasteiger partial charge is 0.342 e. The highest BCUT2D eigenvalue weighted by molar-refractivity contribution is 5.75. The van der Waals surface area contributed by atoms with E-state index in [0.29, 0.717) is 24.5 Å². The minimum absolute atomic E-state index is 0.0554. The summed E-state index contributed by atoms with van der Waals surface area (Å²) in [5, 5.41) is 3.10. The molecule has 0 bridgehead atoms. The molecule has 3 fully saturated rings. The Labute approximate surface area is 192 Å². The molecular weight excluding hydrogens is 400 g/mol. The molecule has 3 atom stereocenters. The lowest BCUT2D eigenvalue weighted by molar-refractivity contribution is -0.122. The predicted octanol–water partition coefficient (Wildman–Crippen LogP) is 3.35. The molecule has 1 saturated carbocycles. The van der Waals surface area contributed by atoms with Gasteiger partial charge in [0.25, 0.3) is 0 Å². The first-order chi connectivity index (χ1) is 15.5. The van der Waals surface area contributed by atoms with Gasteiger partial charge in [-0.3, -0.25) is 4.79 Å². The van der Waals surface area contributed by atoms with Gasteiger partial charge in [0.15, 0.2) is 0 Å². The highest BCUT2D eigenvalue weighted by Gasteiger charge is 2.47. The molecule has 1 spiro atoms. The van der Waals surface area contributed by atoms with Crippen molar-refractivity contribution in [2.24, 2.45) is 5.92 Å². The summed E-state index contributed by atoms with van der Waals surface area (Å²) in [6.07, 6.45) is 8.08. The number of piperidine rings is 2. The summed E-state index contributed by atoms with van der Waals surface area (Å²) < 4.78 is 0. The average molecular weight is 439 g/mol. The van der Waals surface area contributed by atoms with E-state index in [0.717, 1.165) is 58.3 Å². The smallest absolute Gasteiger partial charge is 0.317 e. The van der Waals surface area contributed by atoms with Gasteiger partial charge in [0.2, 0.25) is 6.41 Å². The Bertz CT molecular complexity index is 848. The van der Waals surface area contributed by atoms with E-state index in [4.69, 9.17) is 0 Å². The maximum Gasteiger partial charge on any atom is 0.317 e. The van der Waals surface area contributed by atoms with Crippen molar-refractivity contribution in [3.05, 3.63) is 35.4 Å². The second-order valence-corrected chi connectivity index (χ2v) is 10.9. The maximum atomic E-state index is 12.9. The molecule has 1 aromatic rings. The van der Waals surface area contributed by atoms with E-state index in [2.05, 4.69) is 39.4 Å². The Morgan fingerprint density at radius 1 is 1.16 bits per heavy atom. The van der Waals surface area contributed by atoms with Crippen molar-refractivity contribution >= 4 is 12.4 Å². The van der Waals surface area contributed by atoms with Crippen LogP contribution >= 0.6 is 0 Å². The fourth-order valence-electron chi connectivity index (χ4n) is 7.04. The highest BCUT2D eigenvalue weighted by atomic mass is 16.2. The lowest BCUT2D eigenvalue weighted by Crippen LogP contribution is -2.56. The van der Waals surface area contributed by atoms with Crippen molar-refractivity contribution in [1.82, 2.24) is 20.0 Å². The third-order valence-electron chi connectivity index (χ3n) is 8.60. The molecule has 5 rings (SSSR count). The zero-order chi connectivity index (χ0) is 22.3. The van der Waals surface area contributed by atoms with E-state index in [1.54, 1.807) is 0 Å². The van der Waals surface area contributed by atoms with Crippen molar-refractivity contribution in [2.45, 2.75) is 82.5 Å². The van der Waals surface area contributed by atoms with Crippen molar-refractivity contribution in [3.63, 3.8) is 0 Å². The molecule has 2 saturated heterocycles. The van der Waals surface area contributed by atoms with Crippen LogP contribution in [-0.2, 0) is 16.8 Å². The van der Waals surface area contributed by atoms with Gasteiger partial charge in [0.05, 0.1) is 0 Å². The molecule has 1 N–H and O–H groups in total. The second kappa shape index (κ2) is 8.69. The number of urea groups is 1. The van der Waals surface area contributed by atoms with Gasteiger partial charge >= 0.3 is 6.03 Å². The Morgan fingerprint density at radius 2 is 1.94 bits per heavy atom. The Balaban J connectivity index is 1.30. The highest BCUT2D eigenvalue weighted by Crippen LogP contribution is 2.45. The molecule has 3 unspecified atom stereocenters. The molecule has 6 nitrogen and oxygen atoms in total. The van der Waals surface area contributed by atoms with Crippen LogP contribution in [0.2, 0.25) is 0 Å². The van der Waals surface area contributed by atoms with Gasteiger partial charge in [-0.05, 0) is 82.5 Å². The zero-order valence-corrected chi connectivity index (χ0v) is 19.6. The summed E-state index contributed by atoms with van der Waals surface area (Å²) >= 11 is 0. The van der Waals surface area contributed by atoms with Gasteiger partial charge in [-0.2, -0.15) is 0 Å². The van der Waals surface area contributed by atoms with Gasteiger partial charge in [0.1, 0.15) is 0 Å². The number of carbonyl (C=O) groups is 2. The minimum Gasteiger partial charge on any atom is -0.342 e. The summed E-state index contributed by atoms with van der Waals surface area (Å²) in [7, 11) is 0. The quantitative estimate of drug-likeness (QED) is 0.737. The number of fused-ring (bicyclic) bond motifs is 3. The van der Waals surface area contributed by atoms with Crippen molar-refractivity contribution in [3.8, 4) is 0 Å². The van der Waals surface area contributed by atoms with Crippen LogP contribution in [0.15, 0.2) is 24.3 Å². The summed E-state index contributed by atoms with van der Waals surface area (Å²) in [6, 6.07) is 10.0. The minimum atomic E-state index is 0.0554. The van der Waals surface area contributed by atoms with Crippen molar-refractivity contribution in [2.75, 3.05) is 26.2 Å². The Morgan fingerprint density at radius 3 is 2.69 bits per heavy atom. The standard InChI is InChI=1S/C26H38N4O2/c1-19(2)27-25(32)30-16-21-6-3-4-8-23(21)26(17-30)9-12-28(13-10-26)22-14-20-7-5-11-29(18-31)24(20)15-22/h3-4,6,8,18-20,22,24H,5,7,9-17H2,1-2H3,(H,27,32). The Kier molecular flexibility index (Phi) is 5.91. The van der Waals surface area contributed by atoms with Crippen LogP contribution in [0.4, 0.5) is 4.79 Å². The number of nitrogens with one attached hydrogen (secondary N) is 1. The van der Waals surface area contributed by atoms with Crippen LogP contribution in [-0.4, -0.2) is 71.4 Å². The molecule has 6 heteroatoms. The Hall–Kier alpha value is -2.08. The molecule has 32 heavy (non-hydrogen) atoms. The molecule has 3 amide bonds. The first-order valence-electron chi connectivity index (χ1n) is 12.6. The SMILES string of the molecule is CC(C)NC(=O)N1Cc2ccccc2C2(CCN(C3CC4CCCN(C=O)C4C3)CC2)C1. The fourth-order valence-corrected chi connectivity index (χ4v) is 7.04. The number of amides is 3. The van der Waals surface area contributed by atoms with Crippen LogP contribution in [0, 0.1) is 5.92 Å². The predicted molar refractivity (Wildman–Crippen MR) is 125 cm³/mol. The summed E-state index contributed by atoms with van der Waals surface area (Å²) in [5.74, 6) is 0.681. The molecular formula is C26H38N4O2. The van der Waals surface area contributed by atoms with E-state index < -0.39 is 0 Å². The van der Waals surface area contributed by atoms with Crippen LogP contribution in [0.25, 0.3) is 0 Å². The van der Waals surface area contributed by atoms with Gasteiger partial charge < -0.3 is 20.0 Å². The van der Waals surface area contributed by atoms with Gasteiger partial charge in [-0.1, -0.05) is 24.3 Å². The first-order valence-corrected chi connectivity index (χ1v) is 12.6. The first kappa shape index (κ1) is 21.7. The summed E-state index contributed by atoms with van der Waals surface area (Å²) in [5.41, 5.74) is 2.82. The fraction of sp³-hybridized carbons (Fsp3) is 0.692. The molecule has 3 heterocycles. The van der Waals surface area contributed by atoms with Crippen molar-refractivity contribution in [1.29, 1.82) is 0 Å². The average Bonchev–Trinajstić information content (AvgIpc) is 3.23. The number of hydrogen-bond acceptors (Lipinski definition) is 3. The monoisotopic (exact) mass is 438 g/mol. The molecule has 4 aliphatic rings. The van der Waals surface area contributed by atoms with Gasteiger partial charge in [-0.25, -0.2) is 4.79 Å². The summed E-state index contributed by atoms with van der Waals surface area (Å²) in [6.45, 7) is 8.66. The topological polar surface area (TPSA) is 55.9 Å². The number of hydrogen-bond donors (Lipinski definition) is 1. The van der Waals surface area contributed by atoms with Crippen LogP contribution in [0.1, 0.15) is 63.5 Å². The van der Waals surface area contributed by atoms with E-state index in [9.17, 15) is 9.59 Å². The second-order valence-electron chi connectivity index (χ2n) is 10.9. The zero-order valence-electron chi connectivity index (χ0n) is 19.6. The number of likely N-dealkylation sites (tertiary alicyclic amines) is 2. The molecule has 3 aliphatic heterocycles. The third-order valence-corrected chi connectivity index (χ3v) is 8.60. The number of nitrogens with zero attached hydrogens (tertiary/aromatic N) is 3. The van der Waals surface area contributed by atoms with E-state index in [-0.39, 0.29) is 17.5 Å². The van der Waals surface area contributed by atoms with Gasteiger partial charge in [0, 0.05) is 43.2 Å². The molecule has 1 aliphatic carbocycles. The number of carbonyl (C=O) groups excluding carboxylic acids is 2. The molecule has 1 aromatic carbocycles. The number of benzene rings is 1. The molecule has 174 valence electrons. The van der Waals surface area contributed by atoms with E-state index in [1.165, 1.54) is 24.0 Å². The van der Waals surface area contributed by atoms with E-state index in [1.807, 2.05) is 18.7 Å². The normalized spacial score (nSPS) is 29.7. The maximum absolute atomic E-state index is 12.9. The number of rotatable bonds is 3.